The van der Waals surface area contributed by atoms with Crippen molar-refractivity contribution in [3.63, 3.8) is 0 Å². The lowest BCUT2D eigenvalue weighted by atomic mass is 9.59. The lowest BCUT2D eigenvalue weighted by molar-refractivity contribution is 0.0124. The molecule has 0 spiro atoms. The molecule has 0 radical (unpaired) electrons. The molecule has 6 heteroatoms. The molecular formula is C19H26BrN3O2. The molecule has 4 aliphatic rings. The number of hydrogen-bond acceptors (Lipinski definition) is 4. The number of pyridine rings is 1. The molecule has 5 rings (SSSR count). The quantitative estimate of drug-likeness (QED) is 0.795. The fourth-order valence-corrected chi connectivity index (χ4v) is 5.43. The molecule has 4 bridgehead atoms. The zero-order valence-electron chi connectivity index (χ0n) is 15.1. The van der Waals surface area contributed by atoms with E-state index in [1.165, 1.54) is 12.8 Å². The molecule has 25 heavy (non-hydrogen) atoms. The van der Waals surface area contributed by atoms with Gasteiger partial charge in [0, 0.05) is 28.3 Å². The molecule has 136 valence electrons. The number of nitrogens with zero attached hydrogens (tertiary/aromatic N) is 2. The van der Waals surface area contributed by atoms with Crippen molar-refractivity contribution in [2.45, 2.75) is 76.1 Å². The largest absolute Gasteiger partial charge is 0.444 e. The summed E-state index contributed by atoms with van der Waals surface area (Å²) in [7, 11) is 0. The van der Waals surface area contributed by atoms with Crippen LogP contribution in [0.1, 0.15) is 52.9 Å². The van der Waals surface area contributed by atoms with Crippen LogP contribution in [0.25, 0.3) is 0 Å². The van der Waals surface area contributed by atoms with Gasteiger partial charge < -0.3 is 15.0 Å². The van der Waals surface area contributed by atoms with E-state index in [0.717, 1.165) is 29.6 Å². The summed E-state index contributed by atoms with van der Waals surface area (Å²) in [5, 5.41) is 3.25. The number of anilines is 1. The highest BCUT2D eigenvalue weighted by atomic mass is 79.9. The number of amides is 1. The monoisotopic (exact) mass is 407 g/mol. The van der Waals surface area contributed by atoms with Gasteiger partial charge in [-0.05, 0) is 86.9 Å². The van der Waals surface area contributed by atoms with E-state index in [-0.39, 0.29) is 11.6 Å². The molecule has 0 aromatic carbocycles. The maximum atomic E-state index is 12.4. The molecular weight excluding hydrogens is 382 g/mol. The standard InChI is InChI=1S/C19H26BrN3O2/c1-18(2,3)25-17(24)22-19-8-12-6-14(9-19)23(15(7-12)10-19)16-5-4-13(20)11-21-16/h4-5,11-12,14-15H,6-10H2,1-3H3,(H,22,24). The molecule has 3 heterocycles. The number of rotatable bonds is 2. The fraction of sp³-hybridized carbons (Fsp3) is 0.684. The minimum atomic E-state index is -0.459. The molecule has 2 aliphatic carbocycles. The Kier molecular flexibility index (Phi) is 4.02. The number of aromatic nitrogens is 1. The fourth-order valence-electron chi connectivity index (χ4n) is 5.19. The van der Waals surface area contributed by atoms with Crippen molar-refractivity contribution in [3.8, 4) is 0 Å². The second-order valence-corrected chi connectivity index (χ2v) is 9.82. The molecule has 1 amide bonds. The van der Waals surface area contributed by atoms with Crippen LogP contribution in [0.2, 0.25) is 0 Å². The van der Waals surface area contributed by atoms with E-state index >= 15 is 0 Å². The molecule has 1 aromatic heterocycles. The van der Waals surface area contributed by atoms with Gasteiger partial charge in [-0.2, -0.15) is 0 Å². The smallest absolute Gasteiger partial charge is 0.408 e. The Morgan fingerprint density at radius 3 is 2.52 bits per heavy atom. The summed E-state index contributed by atoms with van der Waals surface area (Å²) in [6, 6.07) is 5.06. The maximum Gasteiger partial charge on any atom is 0.408 e. The van der Waals surface area contributed by atoms with E-state index in [9.17, 15) is 4.79 Å². The van der Waals surface area contributed by atoms with Crippen LogP contribution in [0, 0.1) is 5.92 Å². The van der Waals surface area contributed by atoms with E-state index < -0.39 is 5.60 Å². The molecule has 1 N–H and O–H groups in total. The van der Waals surface area contributed by atoms with Crippen LogP contribution in [0.15, 0.2) is 22.8 Å². The lowest BCUT2D eigenvalue weighted by Crippen LogP contribution is -2.69. The highest BCUT2D eigenvalue weighted by molar-refractivity contribution is 9.10. The summed E-state index contributed by atoms with van der Waals surface area (Å²) >= 11 is 3.46. The summed E-state index contributed by atoms with van der Waals surface area (Å²) in [6.45, 7) is 5.73. The van der Waals surface area contributed by atoms with Crippen LogP contribution in [-0.2, 0) is 4.74 Å². The molecule has 2 unspecified atom stereocenters. The van der Waals surface area contributed by atoms with E-state index in [0.29, 0.717) is 18.0 Å². The third-order valence-electron chi connectivity index (χ3n) is 5.67. The second-order valence-electron chi connectivity index (χ2n) is 8.91. The third kappa shape index (κ3) is 3.37. The number of hydrogen-bond donors (Lipinski definition) is 1. The van der Waals surface area contributed by atoms with E-state index in [2.05, 4.69) is 43.3 Å². The Hall–Kier alpha value is -1.30. The first kappa shape index (κ1) is 17.1. The highest BCUT2D eigenvalue weighted by Crippen LogP contribution is 2.52. The number of piperidine rings is 2. The first-order chi connectivity index (χ1) is 11.7. The van der Waals surface area contributed by atoms with Gasteiger partial charge in [0.1, 0.15) is 11.4 Å². The summed E-state index contributed by atoms with van der Waals surface area (Å²) < 4.78 is 6.52. The Balaban J connectivity index is 1.52. The SMILES string of the molecule is CC(C)(C)OC(=O)NC12CC3CC(C1)N(c1ccc(Br)cn1)C(C3)C2. The molecule has 5 nitrogen and oxygen atoms in total. The van der Waals surface area contributed by atoms with E-state index in [1.54, 1.807) is 0 Å². The summed E-state index contributed by atoms with van der Waals surface area (Å²) in [4.78, 5) is 19.5. The van der Waals surface area contributed by atoms with Gasteiger partial charge >= 0.3 is 6.09 Å². The van der Waals surface area contributed by atoms with Gasteiger partial charge in [0.15, 0.2) is 0 Å². The van der Waals surface area contributed by atoms with Gasteiger partial charge in [-0.25, -0.2) is 9.78 Å². The van der Waals surface area contributed by atoms with Crippen LogP contribution >= 0.6 is 15.9 Å². The van der Waals surface area contributed by atoms with Crippen molar-refractivity contribution < 1.29 is 9.53 Å². The Morgan fingerprint density at radius 2 is 1.96 bits per heavy atom. The van der Waals surface area contributed by atoms with Crippen LogP contribution in [0.4, 0.5) is 10.6 Å². The predicted molar refractivity (Wildman–Crippen MR) is 101 cm³/mol. The van der Waals surface area contributed by atoms with Gasteiger partial charge in [-0.15, -0.1) is 0 Å². The maximum absolute atomic E-state index is 12.4. The normalized spacial score (nSPS) is 33.4. The molecule has 2 saturated carbocycles. The molecule has 1 aromatic rings. The first-order valence-electron chi connectivity index (χ1n) is 9.14. The summed E-state index contributed by atoms with van der Waals surface area (Å²) in [5.74, 6) is 1.75. The summed E-state index contributed by atoms with van der Waals surface area (Å²) in [5.41, 5.74) is -0.565. The van der Waals surface area contributed by atoms with Crippen LogP contribution < -0.4 is 10.2 Å². The number of halogens is 1. The topological polar surface area (TPSA) is 54.5 Å². The number of carbonyl (C=O) groups excluding carboxylic acids is 1. The minimum Gasteiger partial charge on any atom is -0.444 e. The van der Waals surface area contributed by atoms with Gasteiger partial charge in [-0.3, -0.25) is 0 Å². The second kappa shape index (κ2) is 5.86. The molecule has 4 fully saturated rings. The minimum absolute atomic E-state index is 0.106. The van der Waals surface area contributed by atoms with Gasteiger partial charge in [0.05, 0.1) is 0 Å². The average molecular weight is 408 g/mol. The number of alkyl carbamates (subject to hydrolysis) is 1. The molecule has 2 atom stereocenters. The van der Waals surface area contributed by atoms with Gasteiger partial charge in [-0.1, -0.05) is 0 Å². The van der Waals surface area contributed by atoms with Crippen LogP contribution in [-0.4, -0.2) is 34.3 Å². The van der Waals surface area contributed by atoms with Crippen molar-refractivity contribution in [3.05, 3.63) is 22.8 Å². The summed E-state index contributed by atoms with van der Waals surface area (Å²) in [6.07, 6.45) is 7.05. The average Bonchev–Trinajstić information content (AvgIpc) is 2.45. The third-order valence-corrected chi connectivity index (χ3v) is 6.14. The number of nitrogens with one attached hydrogen (secondary N) is 1. The zero-order valence-corrected chi connectivity index (χ0v) is 16.7. The first-order valence-corrected chi connectivity index (χ1v) is 9.93. The lowest BCUT2D eigenvalue weighted by Gasteiger charge is -2.61. The van der Waals surface area contributed by atoms with Crippen molar-refractivity contribution in [1.29, 1.82) is 0 Å². The Labute approximate surface area is 157 Å². The van der Waals surface area contributed by atoms with Crippen LogP contribution in [0.5, 0.6) is 0 Å². The van der Waals surface area contributed by atoms with Crippen LogP contribution in [0.3, 0.4) is 0 Å². The van der Waals surface area contributed by atoms with E-state index in [4.69, 9.17) is 4.74 Å². The Bertz CT molecular complexity index is 654. The van der Waals surface area contributed by atoms with Gasteiger partial charge in [0.25, 0.3) is 0 Å². The highest BCUT2D eigenvalue weighted by Gasteiger charge is 2.55. The predicted octanol–water partition coefficient (Wildman–Crippen LogP) is 4.26. The molecule has 2 saturated heterocycles. The molecule has 2 aliphatic heterocycles. The van der Waals surface area contributed by atoms with Gasteiger partial charge in [0.2, 0.25) is 0 Å². The van der Waals surface area contributed by atoms with Crippen molar-refractivity contribution >= 4 is 27.8 Å². The van der Waals surface area contributed by atoms with Crippen molar-refractivity contribution in [1.82, 2.24) is 10.3 Å². The number of carbonyl (C=O) groups is 1. The zero-order chi connectivity index (χ0) is 17.8. The van der Waals surface area contributed by atoms with E-state index in [1.807, 2.05) is 27.0 Å². The Morgan fingerprint density at radius 1 is 1.28 bits per heavy atom. The number of ether oxygens (including phenoxy) is 1. The van der Waals surface area contributed by atoms with Crippen molar-refractivity contribution in [2.75, 3.05) is 4.90 Å². The van der Waals surface area contributed by atoms with Crippen molar-refractivity contribution in [2.24, 2.45) is 5.92 Å².